The van der Waals surface area contributed by atoms with Crippen LogP contribution in [0.2, 0.25) is 0 Å². The van der Waals surface area contributed by atoms with E-state index in [1.807, 2.05) is 30.3 Å². The molecular formula is C14H19N3O3. The molecule has 1 fully saturated rings. The van der Waals surface area contributed by atoms with Gasteiger partial charge in [-0.25, -0.2) is 4.79 Å². The van der Waals surface area contributed by atoms with E-state index in [-0.39, 0.29) is 18.5 Å². The molecule has 108 valence electrons. The quantitative estimate of drug-likeness (QED) is 0.837. The summed E-state index contributed by atoms with van der Waals surface area (Å²) >= 11 is 0. The number of nitrogens with zero attached hydrogens (tertiary/aromatic N) is 1. The van der Waals surface area contributed by atoms with Crippen LogP contribution < -0.4 is 10.6 Å². The minimum atomic E-state index is -0.565. The molecule has 1 aliphatic rings. The Morgan fingerprint density at radius 2 is 2.10 bits per heavy atom. The lowest BCUT2D eigenvalue weighted by atomic mass is 10.2. The molecule has 1 unspecified atom stereocenters. The molecule has 1 atom stereocenters. The van der Waals surface area contributed by atoms with Gasteiger partial charge < -0.3 is 20.3 Å². The van der Waals surface area contributed by atoms with Gasteiger partial charge in [0.05, 0.1) is 13.2 Å². The molecular weight excluding hydrogens is 258 g/mol. The largest absolute Gasteiger partial charge is 0.377 e. The number of likely N-dealkylation sites (N-methyl/N-ethyl adjacent to an activating group) is 1. The molecule has 2 rings (SSSR count). The third-order valence-electron chi connectivity index (χ3n) is 3.22. The summed E-state index contributed by atoms with van der Waals surface area (Å²) in [5, 5.41) is 5.38. The molecule has 0 aromatic heterocycles. The molecule has 2 N–H and O–H groups in total. The lowest BCUT2D eigenvalue weighted by Crippen LogP contribution is -2.57. The Kier molecular flexibility index (Phi) is 4.95. The van der Waals surface area contributed by atoms with Crippen LogP contribution in [-0.4, -0.2) is 49.7 Å². The fourth-order valence-electron chi connectivity index (χ4n) is 2.11. The normalized spacial score (nSPS) is 18.4. The Labute approximate surface area is 118 Å². The molecule has 0 radical (unpaired) electrons. The summed E-state index contributed by atoms with van der Waals surface area (Å²) < 4.78 is 5.27. The van der Waals surface area contributed by atoms with Crippen LogP contribution in [0.3, 0.4) is 0 Å². The van der Waals surface area contributed by atoms with Crippen molar-refractivity contribution in [2.75, 3.05) is 26.8 Å². The van der Waals surface area contributed by atoms with E-state index in [0.29, 0.717) is 19.7 Å². The maximum Gasteiger partial charge on any atom is 0.318 e. The summed E-state index contributed by atoms with van der Waals surface area (Å²) in [5.74, 6) is -0.209. The van der Waals surface area contributed by atoms with Crippen LogP contribution in [0.5, 0.6) is 0 Å². The number of amides is 3. The lowest BCUT2D eigenvalue weighted by molar-refractivity contribution is -0.129. The summed E-state index contributed by atoms with van der Waals surface area (Å²) in [6, 6.07) is 8.84. The topological polar surface area (TPSA) is 70.7 Å². The van der Waals surface area contributed by atoms with Crippen molar-refractivity contribution in [3.05, 3.63) is 35.9 Å². The van der Waals surface area contributed by atoms with Gasteiger partial charge in [0, 0.05) is 20.1 Å². The van der Waals surface area contributed by atoms with Crippen molar-refractivity contribution in [1.82, 2.24) is 15.5 Å². The number of morpholine rings is 1. The summed E-state index contributed by atoms with van der Waals surface area (Å²) in [4.78, 5) is 25.4. The van der Waals surface area contributed by atoms with Gasteiger partial charge in [0.25, 0.3) is 0 Å². The van der Waals surface area contributed by atoms with Crippen LogP contribution in [0.1, 0.15) is 5.56 Å². The Morgan fingerprint density at radius 1 is 1.35 bits per heavy atom. The van der Waals surface area contributed by atoms with Gasteiger partial charge in [0.2, 0.25) is 5.91 Å². The van der Waals surface area contributed by atoms with Crippen molar-refractivity contribution >= 4 is 11.9 Å². The maximum absolute atomic E-state index is 12.2. The Morgan fingerprint density at radius 3 is 2.80 bits per heavy atom. The molecule has 1 aliphatic heterocycles. The second kappa shape index (κ2) is 6.91. The van der Waals surface area contributed by atoms with E-state index < -0.39 is 6.04 Å². The molecule has 0 aliphatic carbocycles. The van der Waals surface area contributed by atoms with Crippen molar-refractivity contribution in [3.8, 4) is 0 Å². The molecule has 1 heterocycles. The second-order valence-electron chi connectivity index (χ2n) is 4.54. The van der Waals surface area contributed by atoms with Crippen molar-refractivity contribution < 1.29 is 14.3 Å². The Balaban J connectivity index is 1.94. The van der Waals surface area contributed by atoms with Crippen LogP contribution in [0, 0.1) is 0 Å². The fraction of sp³-hybridized carbons (Fsp3) is 0.429. The molecule has 3 amide bonds. The number of urea groups is 1. The number of rotatable bonds is 3. The Hall–Kier alpha value is -2.08. The number of hydrogen-bond acceptors (Lipinski definition) is 3. The number of ether oxygens (including phenoxy) is 1. The second-order valence-corrected chi connectivity index (χ2v) is 4.54. The van der Waals surface area contributed by atoms with Gasteiger partial charge in [-0.3, -0.25) is 4.79 Å². The van der Waals surface area contributed by atoms with E-state index in [0.717, 1.165) is 5.56 Å². The highest BCUT2D eigenvalue weighted by Gasteiger charge is 2.32. The molecule has 0 saturated carbocycles. The van der Waals surface area contributed by atoms with Gasteiger partial charge in [-0.2, -0.15) is 0 Å². The zero-order valence-electron chi connectivity index (χ0n) is 11.5. The van der Waals surface area contributed by atoms with E-state index >= 15 is 0 Å². The average molecular weight is 277 g/mol. The van der Waals surface area contributed by atoms with Crippen LogP contribution in [0.15, 0.2) is 30.3 Å². The van der Waals surface area contributed by atoms with Gasteiger partial charge in [-0.1, -0.05) is 30.3 Å². The average Bonchev–Trinajstić information content (AvgIpc) is 2.52. The number of nitrogens with one attached hydrogen (secondary N) is 2. The van der Waals surface area contributed by atoms with E-state index in [9.17, 15) is 9.59 Å². The van der Waals surface area contributed by atoms with Gasteiger partial charge in [-0.05, 0) is 5.56 Å². The van der Waals surface area contributed by atoms with Crippen molar-refractivity contribution in [1.29, 1.82) is 0 Å². The third kappa shape index (κ3) is 3.48. The standard InChI is InChI=1S/C14H19N3O3/c1-15-13(18)12-10-20-8-7-17(12)14(19)16-9-11-5-3-2-4-6-11/h2-6,12H,7-10H2,1H3,(H,15,18)(H,16,19). The first kappa shape index (κ1) is 14.3. The van der Waals surface area contributed by atoms with Gasteiger partial charge in [-0.15, -0.1) is 0 Å². The minimum absolute atomic E-state index is 0.209. The molecule has 0 spiro atoms. The summed E-state index contributed by atoms with van der Waals surface area (Å²) in [7, 11) is 1.55. The molecule has 1 aromatic carbocycles. The van der Waals surface area contributed by atoms with E-state index in [2.05, 4.69) is 10.6 Å². The number of hydrogen-bond donors (Lipinski definition) is 2. The summed E-state index contributed by atoms with van der Waals surface area (Å²) in [5.41, 5.74) is 1.02. The van der Waals surface area contributed by atoms with E-state index in [4.69, 9.17) is 4.74 Å². The predicted molar refractivity (Wildman–Crippen MR) is 74.1 cm³/mol. The fourth-order valence-corrected chi connectivity index (χ4v) is 2.11. The predicted octanol–water partition coefficient (Wildman–Crippen LogP) is 0.343. The SMILES string of the molecule is CNC(=O)C1COCCN1C(=O)NCc1ccccc1. The zero-order chi connectivity index (χ0) is 14.4. The van der Waals surface area contributed by atoms with Crippen LogP contribution in [0.4, 0.5) is 4.79 Å². The molecule has 1 aromatic rings. The molecule has 20 heavy (non-hydrogen) atoms. The first-order chi connectivity index (χ1) is 9.72. The number of benzene rings is 1. The van der Waals surface area contributed by atoms with Crippen molar-refractivity contribution in [2.24, 2.45) is 0 Å². The van der Waals surface area contributed by atoms with Crippen LogP contribution >= 0.6 is 0 Å². The summed E-state index contributed by atoms with van der Waals surface area (Å²) in [6.07, 6.45) is 0. The first-order valence-corrected chi connectivity index (χ1v) is 6.60. The van der Waals surface area contributed by atoms with Crippen molar-refractivity contribution in [3.63, 3.8) is 0 Å². The lowest BCUT2D eigenvalue weighted by Gasteiger charge is -2.34. The smallest absolute Gasteiger partial charge is 0.318 e. The highest BCUT2D eigenvalue weighted by molar-refractivity contribution is 5.87. The minimum Gasteiger partial charge on any atom is -0.377 e. The number of carbonyl (C=O) groups excluding carboxylic acids is 2. The number of carbonyl (C=O) groups is 2. The highest BCUT2D eigenvalue weighted by atomic mass is 16.5. The molecule has 6 heteroatoms. The maximum atomic E-state index is 12.2. The molecule has 1 saturated heterocycles. The molecule has 6 nitrogen and oxygen atoms in total. The van der Waals surface area contributed by atoms with Crippen LogP contribution in [-0.2, 0) is 16.1 Å². The Bertz CT molecular complexity index is 464. The van der Waals surface area contributed by atoms with Gasteiger partial charge >= 0.3 is 6.03 Å². The first-order valence-electron chi connectivity index (χ1n) is 6.60. The van der Waals surface area contributed by atoms with Gasteiger partial charge in [0.15, 0.2) is 0 Å². The van der Waals surface area contributed by atoms with E-state index in [1.54, 1.807) is 7.05 Å². The van der Waals surface area contributed by atoms with Gasteiger partial charge in [0.1, 0.15) is 6.04 Å². The zero-order valence-corrected chi connectivity index (χ0v) is 11.5. The van der Waals surface area contributed by atoms with Crippen LogP contribution in [0.25, 0.3) is 0 Å². The highest BCUT2D eigenvalue weighted by Crippen LogP contribution is 2.08. The molecule has 0 bridgehead atoms. The summed E-state index contributed by atoms with van der Waals surface area (Å²) in [6.45, 7) is 1.54. The monoisotopic (exact) mass is 277 g/mol. The van der Waals surface area contributed by atoms with E-state index in [1.165, 1.54) is 4.90 Å². The third-order valence-corrected chi connectivity index (χ3v) is 3.22. The van der Waals surface area contributed by atoms with Crippen molar-refractivity contribution in [2.45, 2.75) is 12.6 Å².